The summed E-state index contributed by atoms with van der Waals surface area (Å²) in [6.45, 7) is 1.76. The molecule has 0 aliphatic carbocycles. The van der Waals surface area contributed by atoms with E-state index in [0.29, 0.717) is 6.42 Å². The first-order valence-electron chi connectivity index (χ1n) is 8.10. The number of rotatable bonds is 5. The van der Waals surface area contributed by atoms with Gasteiger partial charge in [-0.2, -0.15) is 0 Å². The predicted molar refractivity (Wildman–Crippen MR) is 97.9 cm³/mol. The van der Waals surface area contributed by atoms with Gasteiger partial charge in [-0.1, -0.05) is 18.2 Å². The van der Waals surface area contributed by atoms with Crippen LogP contribution >= 0.6 is 11.3 Å². The molecule has 1 saturated heterocycles. The molecule has 1 N–H and O–H groups in total. The summed E-state index contributed by atoms with van der Waals surface area (Å²) in [7, 11) is 0. The van der Waals surface area contributed by atoms with Gasteiger partial charge in [0.05, 0.1) is 6.42 Å². The Labute approximate surface area is 145 Å². The van der Waals surface area contributed by atoms with Crippen molar-refractivity contribution in [1.82, 2.24) is 4.90 Å². The summed E-state index contributed by atoms with van der Waals surface area (Å²) in [5.74, 6) is 0.0208. The highest BCUT2D eigenvalue weighted by Crippen LogP contribution is 2.14. The first-order valence-corrected chi connectivity index (χ1v) is 8.98. The van der Waals surface area contributed by atoms with Gasteiger partial charge in [-0.05, 0) is 48.1 Å². The summed E-state index contributed by atoms with van der Waals surface area (Å²) in [6.07, 6.45) is 5.96. The standard InChI is InChI=1S/C19H20N2O2S/c22-18(10-9-17-4-3-13-24-17)20-16-7-5-15(6-8-16)14-19(23)21-11-1-2-12-21/h3-10,13H,1-2,11-12,14H2,(H,20,22)/b10-9+. The summed E-state index contributed by atoms with van der Waals surface area (Å²) in [6, 6.07) is 11.4. The number of anilines is 1. The summed E-state index contributed by atoms with van der Waals surface area (Å²) in [4.78, 5) is 27.0. The molecule has 124 valence electrons. The van der Waals surface area contributed by atoms with E-state index in [1.165, 1.54) is 6.08 Å². The molecule has 0 atom stereocenters. The average molecular weight is 340 g/mol. The lowest BCUT2D eigenvalue weighted by Gasteiger charge is -2.15. The maximum absolute atomic E-state index is 12.1. The molecule has 2 aromatic rings. The third-order valence-electron chi connectivity index (χ3n) is 3.98. The van der Waals surface area contributed by atoms with Crippen LogP contribution in [-0.2, 0) is 16.0 Å². The Morgan fingerprint density at radius 1 is 1.12 bits per heavy atom. The van der Waals surface area contributed by atoms with Crippen molar-refractivity contribution in [3.05, 3.63) is 58.3 Å². The van der Waals surface area contributed by atoms with Crippen molar-refractivity contribution in [1.29, 1.82) is 0 Å². The molecule has 0 radical (unpaired) electrons. The van der Waals surface area contributed by atoms with E-state index in [0.717, 1.165) is 42.1 Å². The first kappa shape index (κ1) is 16.5. The Bertz CT molecular complexity index is 714. The fraction of sp³-hybridized carbons (Fsp3) is 0.263. The Kier molecular flexibility index (Phi) is 5.43. The van der Waals surface area contributed by atoms with Crippen molar-refractivity contribution in [3.63, 3.8) is 0 Å². The van der Waals surface area contributed by atoms with Crippen molar-refractivity contribution in [2.45, 2.75) is 19.3 Å². The quantitative estimate of drug-likeness (QED) is 0.846. The number of likely N-dealkylation sites (tertiary alicyclic amines) is 1. The smallest absolute Gasteiger partial charge is 0.248 e. The number of carbonyl (C=O) groups excluding carboxylic acids is 2. The molecule has 0 saturated carbocycles. The van der Waals surface area contributed by atoms with Crippen LogP contribution < -0.4 is 5.32 Å². The zero-order chi connectivity index (χ0) is 16.8. The second kappa shape index (κ2) is 7.93. The Morgan fingerprint density at radius 2 is 1.88 bits per heavy atom. The molecule has 2 amide bonds. The van der Waals surface area contributed by atoms with E-state index in [1.54, 1.807) is 17.4 Å². The normalized spacial score (nSPS) is 14.2. The number of hydrogen-bond acceptors (Lipinski definition) is 3. The van der Waals surface area contributed by atoms with E-state index >= 15 is 0 Å². The summed E-state index contributed by atoms with van der Waals surface area (Å²) < 4.78 is 0. The maximum Gasteiger partial charge on any atom is 0.248 e. The minimum absolute atomic E-state index is 0.163. The van der Waals surface area contributed by atoms with E-state index in [4.69, 9.17) is 0 Å². The molecule has 1 aromatic heterocycles. The van der Waals surface area contributed by atoms with Gasteiger partial charge in [0.2, 0.25) is 11.8 Å². The highest BCUT2D eigenvalue weighted by atomic mass is 32.1. The van der Waals surface area contributed by atoms with Crippen molar-refractivity contribution in [2.24, 2.45) is 0 Å². The van der Waals surface area contributed by atoms with Gasteiger partial charge in [0, 0.05) is 29.7 Å². The number of carbonyl (C=O) groups is 2. The zero-order valence-electron chi connectivity index (χ0n) is 13.4. The van der Waals surface area contributed by atoms with Crippen molar-refractivity contribution in [2.75, 3.05) is 18.4 Å². The molecule has 1 aromatic carbocycles. The molecule has 2 heterocycles. The van der Waals surface area contributed by atoms with Gasteiger partial charge in [0.1, 0.15) is 0 Å². The molecule has 1 aliphatic heterocycles. The van der Waals surface area contributed by atoms with Crippen LogP contribution in [0.4, 0.5) is 5.69 Å². The van der Waals surface area contributed by atoms with E-state index < -0.39 is 0 Å². The molecular formula is C19H20N2O2S. The first-order chi connectivity index (χ1) is 11.7. The van der Waals surface area contributed by atoms with Crippen LogP contribution in [0.2, 0.25) is 0 Å². The molecule has 0 spiro atoms. The molecule has 5 heteroatoms. The molecule has 3 rings (SSSR count). The van der Waals surface area contributed by atoms with Gasteiger partial charge in [-0.15, -0.1) is 11.3 Å². The second-order valence-electron chi connectivity index (χ2n) is 5.80. The SMILES string of the molecule is O=C(/C=C/c1cccs1)Nc1ccc(CC(=O)N2CCCC2)cc1. The zero-order valence-corrected chi connectivity index (χ0v) is 14.2. The molecule has 4 nitrogen and oxygen atoms in total. The number of nitrogens with one attached hydrogen (secondary N) is 1. The highest BCUT2D eigenvalue weighted by Gasteiger charge is 2.17. The van der Waals surface area contributed by atoms with Crippen LogP contribution in [0, 0.1) is 0 Å². The van der Waals surface area contributed by atoms with Gasteiger partial charge < -0.3 is 10.2 Å². The van der Waals surface area contributed by atoms with Crippen LogP contribution in [0.25, 0.3) is 6.08 Å². The number of amides is 2. The minimum Gasteiger partial charge on any atom is -0.342 e. The molecular weight excluding hydrogens is 320 g/mol. The van der Waals surface area contributed by atoms with Crippen LogP contribution in [0.15, 0.2) is 47.9 Å². The minimum atomic E-state index is -0.163. The van der Waals surface area contributed by atoms with E-state index in [1.807, 2.05) is 46.7 Å². The summed E-state index contributed by atoms with van der Waals surface area (Å²) >= 11 is 1.59. The van der Waals surface area contributed by atoms with E-state index in [9.17, 15) is 9.59 Å². The van der Waals surface area contributed by atoms with E-state index in [-0.39, 0.29) is 11.8 Å². The molecule has 24 heavy (non-hydrogen) atoms. The number of hydrogen-bond donors (Lipinski definition) is 1. The second-order valence-corrected chi connectivity index (χ2v) is 6.78. The Balaban J connectivity index is 1.52. The molecule has 0 unspecified atom stereocenters. The lowest BCUT2D eigenvalue weighted by Crippen LogP contribution is -2.29. The van der Waals surface area contributed by atoms with Crippen LogP contribution in [0.1, 0.15) is 23.3 Å². The topological polar surface area (TPSA) is 49.4 Å². The van der Waals surface area contributed by atoms with Crippen LogP contribution in [0.5, 0.6) is 0 Å². The maximum atomic E-state index is 12.1. The molecule has 0 bridgehead atoms. The van der Waals surface area contributed by atoms with Gasteiger partial charge in [0.15, 0.2) is 0 Å². The monoisotopic (exact) mass is 340 g/mol. The van der Waals surface area contributed by atoms with Gasteiger partial charge in [-0.25, -0.2) is 0 Å². The fourth-order valence-corrected chi connectivity index (χ4v) is 3.30. The third-order valence-corrected chi connectivity index (χ3v) is 4.82. The van der Waals surface area contributed by atoms with Crippen molar-refractivity contribution >= 4 is 34.9 Å². The number of benzene rings is 1. The van der Waals surface area contributed by atoms with Gasteiger partial charge in [-0.3, -0.25) is 9.59 Å². The molecule has 1 fully saturated rings. The van der Waals surface area contributed by atoms with Gasteiger partial charge in [0.25, 0.3) is 0 Å². The molecule has 1 aliphatic rings. The lowest BCUT2D eigenvalue weighted by atomic mass is 10.1. The number of nitrogens with zero attached hydrogens (tertiary/aromatic N) is 1. The largest absolute Gasteiger partial charge is 0.342 e. The van der Waals surface area contributed by atoms with Crippen molar-refractivity contribution in [3.8, 4) is 0 Å². The fourth-order valence-electron chi connectivity index (χ4n) is 2.69. The Hall–Kier alpha value is -2.40. The highest BCUT2D eigenvalue weighted by molar-refractivity contribution is 7.10. The van der Waals surface area contributed by atoms with Gasteiger partial charge >= 0.3 is 0 Å². The third kappa shape index (κ3) is 4.55. The van der Waals surface area contributed by atoms with E-state index in [2.05, 4.69) is 5.32 Å². The van der Waals surface area contributed by atoms with Crippen molar-refractivity contribution < 1.29 is 9.59 Å². The van der Waals surface area contributed by atoms with Crippen LogP contribution in [-0.4, -0.2) is 29.8 Å². The average Bonchev–Trinajstić information content (AvgIpc) is 3.28. The summed E-state index contributed by atoms with van der Waals surface area (Å²) in [5.41, 5.74) is 1.70. The van der Waals surface area contributed by atoms with Crippen LogP contribution in [0.3, 0.4) is 0 Å². The lowest BCUT2D eigenvalue weighted by molar-refractivity contribution is -0.129. The number of thiophene rings is 1. The predicted octanol–water partition coefficient (Wildman–Crippen LogP) is 3.56. The summed E-state index contributed by atoms with van der Waals surface area (Å²) in [5, 5.41) is 4.80. The Morgan fingerprint density at radius 3 is 2.54 bits per heavy atom.